The molecule has 0 atom stereocenters. The molecule has 1 aliphatic heterocycles. The number of amides is 2. The molecule has 5 rings (SSSR count). The van der Waals surface area contributed by atoms with E-state index in [4.69, 9.17) is 14.5 Å². The van der Waals surface area contributed by atoms with Crippen molar-refractivity contribution in [3.63, 3.8) is 0 Å². The molecule has 3 heterocycles. The highest BCUT2D eigenvalue weighted by molar-refractivity contribution is 5.95. The van der Waals surface area contributed by atoms with Gasteiger partial charge in [0, 0.05) is 43.9 Å². The van der Waals surface area contributed by atoms with Crippen molar-refractivity contribution >= 4 is 12.0 Å². The van der Waals surface area contributed by atoms with Gasteiger partial charge >= 0.3 is 6.09 Å². The minimum absolute atomic E-state index is 0.0810. The lowest BCUT2D eigenvalue weighted by atomic mass is 10.1. The molecular formula is C25H28N6O4. The predicted octanol–water partition coefficient (Wildman–Crippen LogP) is 3.13. The fourth-order valence-electron chi connectivity index (χ4n) is 4.37. The summed E-state index contributed by atoms with van der Waals surface area (Å²) in [6.45, 7) is 3.91. The summed E-state index contributed by atoms with van der Waals surface area (Å²) in [7, 11) is 1.63. The van der Waals surface area contributed by atoms with Gasteiger partial charge in [-0.25, -0.2) is 19.4 Å². The molecule has 3 aromatic rings. The topological polar surface area (TPSA) is 103 Å². The summed E-state index contributed by atoms with van der Waals surface area (Å²) < 4.78 is 12.3. The fraction of sp³-hybridized carbons (Fsp3) is 0.400. The first kappa shape index (κ1) is 22.8. The van der Waals surface area contributed by atoms with Gasteiger partial charge in [0.2, 0.25) is 0 Å². The van der Waals surface area contributed by atoms with Crippen LogP contribution in [0.25, 0.3) is 17.2 Å². The zero-order valence-electron chi connectivity index (χ0n) is 19.9. The first-order chi connectivity index (χ1) is 17.1. The van der Waals surface area contributed by atoms with E-state index in [1.165, 1.54) is 0 Å². The standard InChI is InChI=1S/C25H28N6O4/c1-3-35-25(33)30-14-12-29(13-15-30)23(32)19-16-27-31(22(19)17-8-9-17)24-26-11-10-20(28-24)18-6-4-5-7-21(18)34-2/h4-7,10-11,16-17H,3,8-9,12-15H2,1-2H3. The van der Waals surface area contributed by atoms with Gasteiger partial charge in [0.25, 0.3) is 11.9 Å². The van der Waals surface area contributed by atoms with Gasteiger partial charge in [-0.1, -0.05) is 12.1 Å². The number of methoxy groups -OCH3 is 1. The molecule has 1 aromatic carbocycles. The maximum absolute atomic E-state index is 13.5. The van der Waals surface area contributed by atoms with Crippen molar-refractivity contribution in [2.24, 2.45) is 0 Å². The molecule has 10 heteroatoms. The SMILES string of the molecule is CCOC(=O)N1CCN(C(=O)c2cnn(-c3nccc(-c4ccccc4OC)n3)c2C2CC2)CC1. The van der Waals surface area contributed by atoms with E-state index in [1.807, 2.05) is 30.3 Å². The normalized spacial score (nSPS) is 15.7. The van der Waals surface area contributed by atoms with Crippen LogP contribution in [0.5, 0.6) is 5.75 Å². The third-order valence-corrected chi connectivity index (χ3v) is 6.31. The summed E-state index contributed by atoms with van der Waals surface area (Å²) >= 11 is 0. The van der Waals surface area contributed by atoms with Crippen LogP contribution in [0.2, 0.25) is 0 Å². The van der Waals surface area contributed by atoms with Crippen molar-refractivity contribution in [3.8, 4) is 23.0 Å². The van der Waals surface area contributed by atoms with Crippen LogP contribution in [-0.2, 0) is 4.74 Å². The smallest absolute Gasteiger partial charge is 0.409 e. The van der Waals surface area contributed by atoms with Crippen LogP contribution in [0.15, 0.2) is 42.7 Å². The molecule has 2 fully saturated rings. The highest BCUT2D eigenvalue weighted by atomic mass is 16.6. The Morgan fingerprint density at radius 2 is 1.80 bits per heavy atom. The summed E-state index contributed by atoms with van der Waals surface area (Å²) in [6, 6.07) is 9.51. The summed E-state index contributed by atoms with van der Waals surface area (Å²) in [5.74, 6) is 1.30. The van der Waals surface area contributed by atoms with Crippen molar-refractivity contribution in [1.82, 2.24) is 29.5 Å². The van der Waals surface area contributed by atoms with Crippen molar-refractivity contribution < 1.29 is 19.1 Å². The van der Waals surface area contributed by atoms with Gasteiger partial charge < -0.3 is 19.3 Å². The average Bonchev–Trinajstić information content (AvgIpc) is 3.66. The number of rotatable bonds is 6. The lowest BCUT2D eigenvalue weighted by Crippen LogP contribution is -2.50. The summed E-state index contributed by atoms with van der Waals surface area (Å²) in [5.41, 5.74) is 2.99. The molecule has 0 N–H and O–H groups in total. The third-order valence-electron chi connectivity index (χ3n) is 6.31. The maximum atomic E-state index is 13.5. The van der Waals surface area contributed by atoms with Gasteiger partial charge in [-0.05, 0) is 38.0 Å². The monoisotopic (exact) mass is 476 g/mol. The van der Waals surface area contributed by atoms with Crippen molar-refractivity contribution in [3.05, 3.63) is 54.0 Å². The molecule has 182 valence electrons. The number of nitrogens with zero attached hydrogens (tertiary/aromatic N) is 6. The molecule has 0 unspecified atom stereocenters. The van der Waals surface area contributed by atoms with E-state index in [9.17, 15) is 9.59 Å². The van der Waals surface area contributed by atoms with Gasteiger partial charge in [0.05, 0.1) is 36.9 Å². The van der Waals surface area contributed by atoms with Crippen molar-refractivity contribution in [2.75, 3.05) is 39.9 Å². The zero-order chi connectivity index (χ0) is 24.4. The molecular weight excluding hydrogens is 448 g/mol. The molecule has 2 aliphatic rings. The van der Waals surface area contributed by atoms with Crippen LogP contribution in [0.1, 0.15) is 41.7 Å². The Morgan fingerprint density at radius 1 is 1.06 bits per heavy atom. The molecule has 2 aromatic heterocycles. The number of aromatic nitrogens is 4. The Labute approximate surface area is 203 Å². The number of benzene rings is 1. The first-order valence-electron chi connectivity index (χ1n) is 11.9. The molecule has 1 saturated carbocycles. The fourth-order valence-corrected chi connectivity index (χ4v) is 4.37. The Balaban J connectivity index is 1.41. The third kappa shape index (κ3) is 4.55. The van der Waals surface area contributed by atoms with Gasteiger partial charge in [-0.2, -0.15) is 5.10 Å². The number of hydrogen-bond donors (Lipinski definition) is 0. The molecule has 10 nitrogen and oxygen atoms in total. The van der Waals surface area contributed by atoms with E-state index in [1.54, 1.807) is 40.9 Å². The number of piperazine rings is 1. The number of para-hydroxylation sites is 1. The van der Waals surface area contributed by atoms with Crippen LogP contribution in [0.4, 0.5) is 4.79 Å². The van der Waals surface area contributed by atoms with E-state index < -0.39 is 0 Å². The number of carbonyl (C=O) groups is 2. The number of hydrogen-bond acceptors (Lipinski definition) is 7. The van der Waals surface area contributed by atoms with E-state index in [2.05, 4.69) is 10.1 Å². The lowest BCUT2D eigenvalue weighted by molar-refractivity contribution is 0.0569. The second-order valence-corrected chi connectivity index (χ2v) is 8.55. The van der Waals surface area contributed by atoms with Gasteiger partial charge in [-0.3, -0.25) is 4.79 Å². The largest absolute Gasteiger partial charge is 0.496 e. The van der Waals surface area contributed by atoms with E-state index in [-0.39, 0.29) is 17.9 Å². The zero-order valence-corrected chi connectivity index (χ0v) is 19.9. The highest BCUT2D eigenvalue weighted by Gasteiger charge is 2.36. The second-order valence-electron chi connectivity index (χ2n) is 8.55. The second kappa shape index (κ2) is 9.73. The quantitative estimate of drug-likeness (QED) is 0.539. The molecule has 35 heavy (non-hydrogen) atoms. The van der Waals surface area contributed by atoms with Crippen molar-refractivity contribution in [1.29, 1.82) is 0 Å². The van der Waals surface area contributed by atoms with E-state index in [0.717, 1.165) is 29.8 Å². The number of ether oxygens (including phenoxy) is 2. The molecule has 1 aliphatic carbocycles. The summed E-state index contributed by atoms with van der Waals surface area (Å²) in [4.78, 5) is 38.1. The summed E-state index contributed by atoms with van der Waals surface area (Å²) in [6.07, 6.45) is 4.97. The molecule has 1 saturated heterocycles. The van der Waals surface area contributed by atoms with Gasteiger partial charge in [-0.15, -0.1) is 0 Å². The Hall–Kier alpha value is -3.95. The van der Waals surface area contributed by atoms with Gasteiger partial charge in [0.15, 0.2) is 0 Å². The van der Waals surface area contributed by atoms with Crippen LogP contribution >= 0.6 is 0 Å². The minimum Gasteiger partial charge on any atom is -0.496 e. The molecule has 0 radical (unpaired) electrons. The van der Waals surface area contributed by atoms with E-state index >= 15 is 0 Å². The average molecular weight is 477 g/mol. The lowest BCUT2D eigenvalue weighted by Gasteiger charge is -2.34. The first-order valence-corrected chi connectivity index (χ1v) is 11.9. The van der Waals surface area contributed by atoms with Crippen LogP contribution in [0.3, 0.4) is 0 Å². The van der Waals surface area contributed by atoms with Crippen LogP contribution in [-0.4, -0.2) is 81.4 Å². The Kier molecular flexibility index (Phi) is 6.35. The van der Waals surface area contributed by atoms with E-state index in [0.29, 0.717) is 50.0 Å². The minimum atomic E-state index is -0.335. The maximum Gasteiger partial charge on any atom is 0.409 e. The summed E-state index contributed by atoms with van der Waals surface area (Å²) in [5, 5.41) is 4.54. The van der Waals surface area contributed by atoms with Crippen LogP contribution in [0, 0.1) is 0 Å². The molecule has 0 spiro atoms. The van der Waals surface area contributed by atoms with Crippen molar-refractivity contribution in [2.45, 2.75) is 25.7 Å². The molecule has 2 amide bonds. The Morgan fingerprint density at radius 3 is 2.51 bits per heavy atom. The van der Waals surface area contributed by atoms with Gasteiger partial charge in [0.1, 0.15) is 5.75 Å². The Bertz CT molecular complexity index is 1230. The molecule has 0 bridgehead atoms. The van der Waals surface area contributed by atoms with Crippen LogP contribution < -0.4 is 4.74 Å². The predicted molar refractivity (Wildman–Crippen MR) is 128 cm³/mol. The highest BCUT2D eigenvalue weighted by Crippen LogP contribution is 2.42. The number of carbonyl (C=O) groups excluding carboxylic acids is 2.